The Bertz CT molecular complexity index is 848. The van der Waals surface area contributed by atoms with Crippen molar-refractivity contribution in [1.82, 2.24) is 4.98 Å². The predicted molar refractivity (Wildman–Crippen MR) is 110 cm³/mol. The van der Waals surface area contributed by atoms with Crippen LogP contribution in [0.2, 0.25) is 0 Å². The highest BCUT2D eigenvalue weighted by atomic mass is 32.1. The van der Waals surface area contributed by atoms with Crippen molar-refractivity contribution in [3.63, 3.8) is 0 Å². The summed E-state index contributed by atoms with van der Waals surface area (Å²) >= 11 is 1.49. The van der Waals surface area contributed by atoms with E-state index in [4.69, 9.17) is 0 Å². The average molecular weight is 367 g/mol. The highest BCUT2D eigenvalue weighted by molar-refractivity contribution is 7.14. The van der Waals surface area contributed by atoms with Gasteiger partial charge in [0.15, 0.2) is 5.13 Å². The molecule has 1 N–H and O–H groups in total. The van der Waals surface area contributed by atoms with Crippen LogP contribution in [-0.2, 0) is 11.2 Å². The molecule has 1 aromatic heterocycles. The summed E-state index contributed by atoms with van der Waals surface area (Å²) in [5.41, 5.74) is 5.86. The summed E-state index contributed by atoms with van der Waals surface area (Å²) in [4.78, 5) is 16.8. The Morgan fingerprint density at radius 1 is 1.31 bits per heavy atom. The van der Waals surface area contributed by atoms with E-state index in [0.717, 1.165) is 24.1 Å². The van der Waals surface area contributed by atoms with E-state index in [1.165, 1.54) is 34.4 Å². The van der Waals surface area contributed by atoms with Gasteiger partial charge in [0.25, 0.3) is 0 Å². The molecule has 1 aliphatic carbocycles. The van der Waals surface area contributed by atoms with Gasteiger partial charge in [0.1, 0.15) is 0 Å². The van der Waals surface area contributed by atoms with Crippen LogP contribution in [0.15, 0.2) is 41.8 Å². The highest BCUT2D eigenvalue weighted by Crippen LogP contribution is 2.28. The first-order chi connectivity index (χ1) is 12.5. The number of carbonyl (C=O) groups excluding carboxylic acids is 1. The molecule has 0 fully saturated rings. The van der Waals surface area contributed by atoms with Crippen molar-refractivity contribution in [2.75, 3.05) is 5.32 Å². The maximum Gasteiger partial charge on any atom is 0.226 e. The minimum absolute atomic E-state index is 0.0170. The molecule has 3 rings (SSSR count). The third-order valence-electron chi connectivity index (χ3n) is 4.97. The minimum Gasteiger partial charge on any atom is -0.302 e. The number of hydrogen-bond acceptors (Lipinski definition) is 3. The number of anilines is 1. The molecule has 1 atom stereocenters. The molecule has 0 aliphatic heterocycles. The van der Waals surface area contributed by atoms with Gasteiger partial charge in [-0.1, -0.05) is 43.4 Å². The number of amides is 1. The van der Waals surface area contributed by atoms with Gasteiger partial charge < -0.3 is 5.32 Å². The smallest absolute Gasteiger partial charge is 0.226 e. The van der Waals surface area contributed by atoms with Crippen LogP contribution in [0, 0.1) is 19.8 Å². The molecule has 2 aromatic rings. The van der Waals surface area contributed by atoms with Gasteiger partial charge in [-0.2, -0.15) is 0 Å². The SMILES string of the molecule is CCC1C=CC(c2csc(NC(=O)CCc3ccc(C)c(C)c3)n2)=CC1. The summed E-state index contributed by atoms with van der Waals surface area (Å²) in [5, 5.41) is 5.63. The van der Waals surface area contributed by atoms with Crippen LogP contribution in [0.25, 0.3) is 5.57 Å². The van der Waals surface area contributed by atoms with E-state index >= 15 is 0 Å². The van der Waals surface area contributed by atoms with Gasteiger partial charge in [-0.25, -0.2) is 4.98 Å². The zero-order valence-corrected chi connectivity index (χ0v) is 16.5. The molecule has 0 radical (unpaired) electrons. The molecule has 3 nitrogen and oxygen atoms in total. The van der Waals surface area contributed by atoms with Crippen molar-refractivity contribution >= 4 is 27.9 Å². The van der Waals surface area contributed by atoms with Gasteiger partial charge in [-0.05, 0) is 61.3 Å². The lowest BCUT2D eigenvalue weighted by atomic mass is 9.94. The number of rotatable bonds is 6. The van der Waals surface area contributed by atoms with Crippen molar-refractivity contribution in [3.05, 3.63) is 64.2 Å². The third-order valence-corrected chi connectivity index (χ3v) is 5.73. The van der Waals surface area contributed by atoms with E-state index in [1.807, 2.05) is 5.38 Å². The van der Waals surface area contributed by atoms with E-state index < -0.39 is 0 Å². The number of hydrogen-bond donors (Lipinski definition) is 1. The second-order valence-corrected chi connectivity index (χ2v) is 7.79. The summed E-state index contributed by atoms with van der Waals surface area (Å²) in [6.45, 7) is 6.42. The Balaban J connectivity index is 1.54. The second-order valence-electron chi connectivity index (χ2n) is 6.93. The van der Waals surface area contributed by atoms with Crippen LogP contribution in [0.1, 0.15) is 48.6 Å². The molecule has 0 spiro atoms. The first kappa shape index (κ1) is 18.6. The number of benzene rings is 1. The summed E-state index contributed by atoms with van der Waals surface area (Å²) in [6, 6.07) is 6.38. The molecule has 1 unspecified atom stereocenters. The topological polar surface area (TPSA) is 42.0 Å². The van der Waals surface area contributed by atoms with Crippen molar-refractivity contribution in [2.24, 2.45) is 5.92 Å². The van der Waals surface area contributed by atoms with E-state index in [2.05, 4.69) is 67.5 Å². The predicted octanol–water partition coefficient (Wildman–Crippen LogP) is 5.70. The number of aryl methyl sites for hydroxylation is 3. The average Bonchev–Trinajstić information content (AvgIpc) is 3.11. The Kier molecular flexibility index (Phi) is 6.04. The molecule has 1 amide bonds. The van der Waals surface area contributed by atoms with E-state index in [9.17, 15) is 4.79 Å². The Morgan fingerprint density at radius 3 is 2.85 bits per heavy atom. The summed E-state index contributed by atoms with van der Waals surface area (Å²) in [5.74, 6) is 0.658. The number of nitrogens with one attached hydrogen (secondary N) is 1. The van der Waals surface area contributed by atoms with Crippen LogP contribution in [0.5, 0.6) is 0 Å². The lowest BCUT2D eigenvalue weighted by Crippen LogP contribution is -2.12. The number of aromatic nitrogens is 1. The first-order valence-electron chi connectivity index (χ1n) is 9.25. The molecule has 1 aromatic carbocycles. The largest absolute Gasteiger partial charge is 0.302 e. The molecule has 26 heavy (non-hydrogen) atoms. The summed E-state index contributed by atoms with van der Waals surface area (Å²) in [7, 11) is 0. The van der Waals surface area contributed by atoms with Gasteiger partial charge in [-0.3, -0.25) is 4.79 Å². The van der Waals surface area contributed by atoms with Gasteiger partial charge in [0.05, 0.1) is 5.69 Å². The van der Waals surface area contributed by atoms with E-state index in [1.54, 1.807) is 0 Å². The molecular formula is C22H26N2OS. The van der Waals surface area contributed by atoms with Crippen LogP contribution >= 0.6 is 11.3 Å². The molecule has 0 saturated carbocycles. The fraction of sp³-hybridized carbons (Fsp3) is 0.364. The minimum atomic E-state index is 0.0170. The van der Waals surface area contributed by atoms with E-state index in [0.29, 0.717) is 17.5 Å². The zero-order valence-electron chi connectivity index (χ0n) is 15.7. The number of carbonyl (C=O) groups is 1. The monoisotopic (exact) mass is 366 g/mol. The molecule has 0 saturated heterocycles. The number of thiazole rings is 1. The first-order valence-corrected chi connectivity index (χ1v) is 10.1. The quantitative estimate of drug-likeness (QED) is 0.712. The Labute approximate surface area is 159 Å². The number of allylic oxidation sites excluding steroid dienone is 4. The maximum atomic E-state index is 12.2. The van der Waals surface area contributed by atoms with Crippen LogP contribution in [0.3, 0.4) is 0 Å². The van der Waals surface area contributed by atoms with Gasteiger partial charge >= 0.3 is 0 Å². The number of nitrogens with zero attached hydrogens (tertiary/aromatic N) is 1. The van der Waals surface area contributed by atoms with Gasteiger partial charge in [0.2, 0.25) is 5.91 Å². The van der Waals surface area contributed by atoms with Gasteiger partial charge in [0, 0.05) is 11.8 Å². The zero-order chi connectivity index (χ0) is 18.5. The molecule has 136 valence electrons. The summed E-state index contributed by atoms with van der Waals surface area (Å²) in [6.07, 6.45) is 10.1. The van der Waals surface area contributed by atoms with Crippen LogP contribution in [0.4, 0.5) is 5.13 Å². The Hall–Kier alpha value is -2.20. The maximum absolute atomic E-state index is 12.2. The molecule has 0 bridgehead atoms. The second kappa shape index (κ2) is 8.45. The van der Waals surface area contributed by atoms with Crippen molar-refractivity contribution in [1.29, 1.82) is 0 Å². The lowest BCUT2D eigenvalue weighted by molar-refractivity contribution is -0.116. The standard InChI is InChI=1S/C22H26N2OS/c1-4-17-7-10-19(11-8-17)20-14-26-22(23-20)24-21(25)12-9-18-6-5-15(2)16(3)13-18/h5-7,10-11,13-14,17H,4,8-9,12H2,1-3H3,(H,23,24,25). The molecular weight excluding hydrogens is 340 g/mol. The highest BCUT2D eigenvalue weighted by Gasteiger charge is 2.12. The Morgan fingerprint density at radius 2 is 2.15 bits per heavy atom. The summed E-state index contributed by atoms with van der Waals surface area (Å²) < 4.78 is 0. The van der Waals surface area contributed by atoms with Crippen molar-refractivity contribution < 1.29 is 4.79 Å². The van der Waals surface area contributed by atoms with Crippen LogP contribution < -0.4 is 5.32 Å². The van der Waals surface area contributed by atoms with Crippen molar-refractivity contribution in [2.45, 2.75) is 46.5 Å². The van der Waals surface area contributed by atoms with Crippen LogP contribution in [-0.4, -0.2) is 10.9 Å². The fourth-order valence-corrected chi connectivity index (χ4v) is 3.76. The van der Waals surface area contributed by atoms with Crippen molar-refractivity contribution in [3.8, 4) is 0 Å². The molecule has 4 heteroatoms. The lowest BCUT2D eigenvalue weighted by Gasteiger charge is -2.12. The normalized spacial score (nSPS) is 16.4. The third kappa shape index (κ3) is 4.70. The molecule has 1 aliphatic rings. The molecule has 1 heterocycles. The van der Waals surface area contributed by atoms with Gasteiger partial charge in [-0.15, -0.1) is 11.3 Å². The van der Waals surface area contributed by atoms with E-state index in [-0.39, 0.29) is 5.91 Å². The fourth-order valence-electron chi connectivity index (χ4n) is 3.02.